The zero-order valence-corrected chi connectivity index (χ0v) is 13.2. The fourth-order valence-electron chi connectivity index (χ4n) is 1.52. The standard InChI is InChI=1S/C14H31NO3/c1-9(2)15-13(16-10(3)4)14(17-11(5)6)18-12(7)8/h9-15H,1-8H3. The van der Waals surface area contributed by atoms with Gasteiger partial charge >= 0.3 is 0 Å². The SMILES string of the molecule is CC(C)NC(OC(C)C)C(OC(C)C)OC(C)C. The van der Waals surface area contributed by atoms with Gasteiger partial charge in [-0.3, -0.25) is 5.32 Å². The van der Waals surface area contributed by atoms with Crippen molar-refractivity contribution < 1.29 is 14.2 Å². The smallest absolute Gasteiger partial charge is 0.197 e. The molecule has 0 bridgehead atoms. The van der Waals surface area contributed by atoms with Crippen molar-refractivity contribution in [2.45, 2.75) is 92.3 Å². The van der Waals surface area contributed by atoms with E-state index in [0.29, 0.717) is 6.04 Å². The Morgan fingerprint density at radius 2 is 1.00 bits per heavy atom. The van der Waals surface area contributed by atoms with E-state index >= 15 is 0 Å². The van der Waals surface area contributed by atoms with Crippen LogP contribution in [-0.4, -0.2) is 36.9 Å². The van der Waals surface area contributed by atoms with Crippen LogP contribution in [0.1, 0.15) is 55.4 Å². The molecule has 0 amide bonds. The molecule has 0 aliphatic heterocycles. The Bertz CT molecular complexity index is 163. The van der Waals surface area contributed by atoms with Crippen LogP contribution in [0, 0.1) is 0 Å². The van der Waals surface area contributed by atoms with Crippen molar-refractivity contribution in [2.24, 2.45) is 0 Å². The Morgan fingerprint density at radius 1 is 0.611 bits per heavy atom. The summed E-state index contributed by atoms with van der Waals surface area (Å²) in [5.41, 5.74) is 0. The zero-order valence-electron chi connectivity index (χ0n) is 13.2. The molecule has 0 radical (unpaired) electrons. The molecule has 0 aromatic heterocycles. The van der Waals surface area contributed by atoms with Crippen LogP contribution in [0.25, 0.3) is 0 Å². The molecule has 0 aliphatic carbocycles. The highest BCUT2D eigenvalue weighted by Gasteiger charge is 2.27. The second-order valence-electron chi connectivity index (χ2n) is 5.66. The van der Waals surface area contributed by atoms with E-state index in [2.05, 4.69) is 19.2 Å². The summed E-state index contributed by atoms with van der Waals surface area (Å²) < 4.78 is 17.5. The maximum atomic E-state index is 5.86. The average Bonchev–Trinajstić information content (AvgIpc) is 2.12. The van der Waals surface area contributed by atoms with E-state index in [0.717, 1.165) is 0 Å². The third kappa shape index (κ3) is 8.86. The molecular formula is C14H31NO3. The average molecular weight is 261 g/mol. The van der Waals surface area contributed by atoms with E-state index in [1.165, 1.54) is 0 Å². The molecule has 0 saturated heterocycles. The summed E-state index contributed by atoms with van der Waals surface area (Å²) in [5, 5.41) is 3.35. The topological polar surface area (TPSA) is 39.7 Å². The predicted octanol–water partition coefficient (Wildman–Crippen LogP) is 2.91. The first-order valence-corrected chi connectivity index (χ1v) is 6.94. The van der Waals surface area contributed by atoms with Crippen LogP contribution in [0.4, 0.5) is 0 Å². The Balaban J connectivity index is 4.69. The molecule has 4 nitrogen and oxygen atoms in total. The van der Waals surface area contributed by atoms with E-state index in [1.54, 1.807) is 0 Å². The van der Waals surface area contributed by atoms with Gasteiger partial charge in [-0.1, -0.05) is 0 Å². The number of hydrogen-bond donors (Lipinski definition) is 1. The summed E-state index contributed by atoms with van der Waals surface area (Å²) in [6.07, 6.45) is -0.332. The first-order chi connectivity index (χ1) is 8.22. The van der Waals surface area contributed by atoms with Crippen molar-refractivity contribution in [1.29, 1.82) is 0 Å². The minimum absolute atomic E-state index is 0.0981. The normalized spacial score (nSPS) is 14.5. The fourth-order valence-corrected chi connectivity index (χ4v) is 1.52. The van der Waals surface area contributed by atoms with E-state index in [-0.39, 0.29) is 24.5 Å². The predicted molar refractivity (Wildman–Crippen MR) is 74.5 cm³/mol. The zero-order chi connectivity index (χ0) is 14.3. The molecule has 0 fully saturated rings. The molecule has 0 heterocycles. The number of ether oxygens (including phenoxy) is 3. The van der Waals surface area contributed by atoms with Crippen LogP contribution < -0.4 is 5.32 Å². The lowest BCUT2D eigenvalue weighted by molar-refractivity contribution is -0.249. The van der Waals surface area contributed by atoms with Crippen molar-refractivity contribution in [3.05, 3.63) is 0 Å². The number of rotatable bonds is 9. The van der Waals surface area contributed by atoms with Crippen LogP contribution in [0.15, 0.2) is 0 Å². The lowest BCUT2D eigenvalue weighted by atomic mass is 10.3. The van der Waals surface area contributed by atoms with E-state index in [1.807, 2.05) is 41.5 Å². The molecule has 0 aromatic rings. The quantitative estimate of drug-likeness (QED) is 0.648. The summed E-state index contributed by atoms with van der Waals surface area (Å²) >= 11 is 0. The molecule has 4 heteroatoms. The van der Waals surface area contributed by atoms with Gasteiger partial charge in [0.15, 0.2) is 12.5 Å². The van der Waals surface area contributed by atoms with Crippen LogP contribution in [0.2, 0.25) is 0 Å². The maximum Gasteiger partial charge on any atom is 0.197 e. The van der Waals surface area contributed by atoms with Crippen LogP contribution >= 0.6 is 0 Å². The lowest BCUT2D eigenvalue weighted by Crippen LogP contribution is -2.50. The molecule has 0 saturated carbocycles. The third-order valence-electron chi connectivity index (χ3n) is 1.98. The molecular weight excluding hydrogens is 230 g/mol. The molecule has 0 rings (SSSR count). The van der Waals surface area contributed by atoms with Crippen molar-refractivity contribution in [3.8, 4) is 0 Å². The molecule has 18 heavy (non-hydrogen) atoms. The second-order valence-corrected chi connectivity index (χ2v) is 5.66. The van der Waals surface area contributed by atoms with Gasteiger partial charge in [0.25, 0.3) is 0 Å². The lowest BCUT2D eigenvalue weighted by Gasteiger charge is -2.33. The van der Waals surface area contributed by atoms with Crippen LogP contribution in [0.3, 0.4) is 0 Å². The number of nitrogens with one attached hydrogen (secondary N) is 1. The summed E-state index contributed by atoms with van der Waals surface area (Å²) in [7, 11) is 0. The third-order valence-corrected chi connectivity index (χ3v) is 1.98. The van der Waals surface area contributed by atoms with Gasteiger partial charge < -0.3 is 14.2 Å². The highest BCUT2D eigenvalue weighted by Crippen LogP contribution is 2.12. The van der Waals surface area contributed by atoms with Gasteiger partial charge in [0.1, 0.15) is 0 Å². The van der Waals surface area contributed by atoms with Gasteiger partial charge in [-0.15, -0.1) is 0 Å². The molecule has 1 atom stereocenters. The van der Waals surface area contributed by atoms with Crippen LogP contribution in [-0.2, 0) is 14.2 Å². The second kappa shape index (κ2) is 8.86. The maximum absolute atomic E-state index is 5.86. The van der Waals surface area contributed by atoms with E-state index < -0.39 is 6.29 Å². The van der Waals surface area contributed by atoms with E-state index in [4.69, 9.17) is 14.2 Å². The largest absolute Gasteiger partial charge is 0.355 e. The van der Waals surface area contributed by atoms with Gasteiger partial charge in [-0.05, 0) is 55.4 Å². The summed E-state index contributed by atoms with van der Waals surface area (Å²) in [4.78, 5) is 0. The Hall–Kier alpha value is -0.160. The summed E-state index contributed by atoms with van der Waals surface area (Å²) in [6.45, 7) is 16.2. The Labute approximate surface area is 112 Å². The van der Waals surface area contributed by atoms with Crippen LogP contribution in [0.5, 0.6) is 0 Å². The van der Waals surface area contributed by atoms with Crippen molar-refractivity contribution in [3.63, 3.8) is 0 Å². The minimum Gasteiger partial charge on any atom is -0.355 e. The van der Waals surface area contributed by atoms with Crippen molar-refractivity contribution >= 4 is 0 Å². The molecule has 1 unspecified atom stereocenters. The van der Waals surface area contributed by atoms with Gasteiger partial charge in [0.05, 0.1) is 18.3 Å². The summed E-state index contributed by atoms with van der Waals surface area (Å²) in [5.74, 6) is 0. The van der Waals surface area contributed by atoms with Gasteiger partial charge in [-0.25, -0.2) is 0 Å². The first kappa shape index (κ1) is 17.8. The monoisotopic (exact) mass is 261 g/mol. The fraction of sp³-hybridized carbons (Fsp3) is 1.00. The summed E-state index contributed by atoms with van der Waals surface area (Å²) in [6, 6.07) is 0.308. The van der Waals surface area contributed by atoms with Crippen molar-refractivity contribution in [1.82, 2.24) is 5.32 Å². The Kier molecular flexibility index (Phi) is 8.78. The highest BCUT2D eigenvalue weighted by atomic mass is 16.7. The van der Waals surface area contributed by atoms with Gasteiger partial charge in [0, 0.05) is 6.04 Å². The molecule has 0 aromatic carbocycles. The highest BCUT2D eigenvalue weighted by molar-refractivity contribution is 4.67. The Morgan fingerprint density at radius 3 is 1.28 bits per heavy atom. The van der Waals surface area contributed by atoms with Crippen molar-refractivity contribution in [2.75, 3.05) is 0 Å². The molecule has 0 spiro atoms. The number of hydrogen-bond acceptors (Lipinski definition) is 4. The minimum atomic E-state index is -0.394. The molecule has 110 valence electrons. The first-order valence-electron chi connectivity index (χ1n) is 6.94. The van der Waals surface area contributed by atoms with E-state index in [9.17, 15) is 0 Å². The van der Waals surface area contributed by atoms with Gasteiger partial charge in [0.2, 0.25) is 0 Å². The van der Waals surface area contributed by atoms with Gasteiger partial charge in [-0.2, -0.15) is 0 Å². The molecule has 0 aliphatic rings. The molecule has 1 N–H and O–H groups in total.